The summed E-state index contributed by atoms with van der Waals surface area (Å²) in [7, 11) is 2.22. The maximum atomic E-state index is 2.43. The van der Waals surface area contributed by atoms with Crippen LogP contribution in [0.25, 0.3) is 0 Å². The Balaban J connectivity index is 3.21. The van der Waals surface area contributed by atoms with E-state index in [1.807, 2.05) is 0 Å². The zero-order chi connectivity index (χ0) is 10.1. The van der Waals surface area contributed by atoms with Crippen LogP contribution in [-0.4, -0.2) is 24.5 Å². The summed E-state index contributed by atoms with van der Waals surface area (Å²) in [6.07, 6.45) is 8.40. The Morgan fingerprint density at radius 1 is 1.00 bits per heavy atom. The molecule has 0 aromatic rings. The summed E-state index contributed by atoms with van der Waals surface area (Å²) in [5, 5.41) is 0. The van der Waals surface area contributed by atoms with E-state index in [0.29, 0.717) is 0 Å². The van der Waals surface area contributed by atoms with Crippen molar-refractivity contribution in [3.8, 4) is 0 Å². The lowest BCUT2D eigenvalue weighted by Gasteiger charge is -2.22. The summed E-state index contributed by atoms with van der Waals surface area (Å²) < 4.78 is 0. The van der Waals surface area contributed by atoms with Gasteiger partial charge in [0, 0.05) is 6.04 Å². The molecule has 0 amide bonds. The first kappa shape index (κ1) is 13.0. The monoisotopic (exact) mass is 185 g/mol. The Labute approximate surface area is 84.5 Å². The predicted molar refractivity (Wildman–Crippen MR) is 61.1 cm³/mol. The molecule has 0 N–H and O–H groups in total. The average Bonchev–Trinajstić information content (AvgIpc) is 2.16. The minimum Gasteiger partial charge on any atom is -0.304 e. The summed E-state index contributed by atoms with van der Waals surface area (Å²) in [6.45, 7) is 8.01. The lowest BCUT2D eigenvalue weighted by atomic mass is 10.1. The summed E-state index contributed by atoms with van der Waals surface area (Å²) in [5.74, 6) is 0. The van der Waals surface area contributed by atoms with Crippen LogP contribution in [0.5, 0.6) is 0 Å². The Hall–Kier alpha value is -0.0400. The second-order valence-electron chi connectivity index (χ2n) is 4.13. The van der Waals surface area contributed by atoms with Crippen molar-refractivity contribution in [1.82, 2.24) is 4.90 Å². The third kappa shape index (κ3) is 7.06. The quantitative estimate of drug-likeness (QED) is 0.521. The molecule has 0 bridgehead atoms. The number of rotatable bonds is 8. The van der Waals surface area contributed by atoms with Crippen molar-refractivity contribution in [2.24, 2.45) is 0 Å². The van der Waals surface area contributed by atoms with Crippen molar-refractivity contribution in [2.75, 3.05) is 13.6 Å². The van der Waals surface area contributed by atoms with E-state index in [0.717, 1.165) is 6.04 Å². The molecule has 0 radical (unpaired) electrons. The molecule has 0 aromatic heterocycles. The van der Waals surface area contributed by atoms with Gasteiger partial charge in [0.2, 0.25) is 0 Å². The van der Waals surface area contributed by atoms with Crippen molar-refractivity contribution in [2.45, 2.75) is 65.3 Å². The van der Waals surface area contributed by atoms with Gasteiger partial charge >= 0.3 is 0 Å². The summed E-state index contributed by atoms with van der Waals surface area (Å²) >= 11 is 0. The predicted octanol–water partition coefficient (Wildman–Crippen LogP) is 3.69. The first-order chi connectivity index (χ1) is 6.22. The average molecular weight is 185 g/mol. The third-order valence-corrected chi connectivity index (χ3v) is 2.98. The van der Waals surface area contributed by atoms with Crippen LogP contribution in [0.4, 0.5) is 0 Å². The fraction of sp³-hybridized carbons (Fsp3) is 1.00. The van der Waals surface area contributed by atoms with E-state index in [1.165, 1.54) is 45.1 Å². The number of unbranched alkanes of at least 4 members (excludes halogenated alkanes) is 4. The topological polar surface area (TPSA) is 3.24 Å². The highest BCUT2D eigenvalue weighted by molar-refractivity contribution is 4.61. The largest absolute Gasteiger partial charge is 0.304 e. The van der Waals surface area contributed by atoms with Crippen molar-refractivity contribution >= 4 is 0 Å². The van der Waals surface area contributed by atoms with Crippen molar-refractivity contribution < 1.29 is 0 Å². The minimum atomic E-state index is 0.770. The first-order valence-electron chi connectivity index (χ1n) is 5.92. The van der Waals surface area contributed by atoms with E-state index in [9.17, 15) is 0 Å². The van der Waals surface area contributed by atoms with Crippen LogP contribution in [0.2, 0.25) is 0 Å². The number of hydrogen-bond acceptors (Lipinski definition) is 1. The molecule has 1 nitrogen and oxygen atoms in total. The Morgan fingerprint density at radius 2 is 1.62 bits per heavy atom. The molecule has 0 aliphatic carbocycles. The zero-order valence-corrected chi connectivity index (χ0v) is 9.97. The van der Waals surface area contributed by atoms with E-state index >= 15 is 0 Å². The van der Waals surface area contributed by atoms with Gasteiger partial charge in [-0.1, -0.05) is 46.0 Å². The molecule has 0 aliphatic rings. The summed E-state index contributed by atoms with van der Waals surface area (Å²) in [6, 6.07) is 0.770. The van der Waals surface area contributed by atoms with E-state index in [2.05, 4.69) is 32.7 Å². The van der Waals surface area contributed by atoms with Gasteiger partial charge < -0.3 is 4.90 Å². The van der Waals surface area contributed by atoms with E-state index in [1.54, 1.807) is 0 Å². The second-order valence-corrected chi connectivity index (χ2v) is 4.13. The highest BCUT2D eigenvalue weighted by Crippen LogP contribution is 2.09. The van der Waals surface area contributed by atoms with Gasteiger partial charge in [-0.25, -0.2) is 0 Å². The molecule has 0 rings (SSSR count). The molecular formula is C12H27N. The Morgan fingerprint density at radius 3 is 2.15 bits per heavy atom. The van der Waals surface area contributed by atoms with Gasteiger partial charge in [-0.3, -0.25) is 0 Å². The molecule has 0 heterocycles. The molecule has 0 aromatic carbocycles. The van der Waals surface area contributed by atoms with Gasteiger partial charge in [0.25, 0.3) is 0 Å². The molecule has 0 aliphatic heterocycles. The molecule has 1 heteroatoms. The lowest BCUT2D eigenvalue weighted by molar-refractivity contribution is 0.253. The molecular weight excluding hydrogens is 158 g/mol. The second kappa shape index (κ2) is 8.55. The van der Waals surface area contributed by atoms with Gasteiger partial charge in [0.15, 0.2) is 0 Å². The zero-order valence-electron chi connectivity index (χ0n) is 9.97. The molecule has 1 unspecified atom stereocenters. The fourth-order valence-corrected chi connectivity index (χ4v) is 1.58. The van der Waals surface area contributed by atoms with E-state index < -0.39 is 0 Å². The first-order valence-corrected chi connectivity index (χ1v) is 5.92. The summed E-state index contributed by atoms with van der Waals surface area (Å²) in [4.78, 5) is 2.43. The Bertz CT molecular complexity index is 101. The standard InChI is InChI=1S/C12H27N/c1-5-7-8-9-10-11-12(3)13(4)6-2/h12H,5-11H2,1-4H3. The Kier molecular flexibility index (Phi) is 8.53. The molecule has 0 saturated carbocycles. The maximum absolute atomic E-state index is 2.43. The van der Waals surface area contributed by atoms with E-state index in [4.69, 9.17) is 0 Å². The van der Waals surface area contributed by atoms with Crippen LogP contribution in [0, 0.1) is 0 Å². The molecule has 80 valence electrons. The molecule has 13 heavy (non-hydrogen) atoms. The number of hydrogen-bond donors (Lipinski definition) is 0. The SMILES string of the molecule is CCCCCCCC(C)N(C)CC. The van der Waals surface area contributed by atoms with Gasteiger partial charge in [-0.05, 0) is 26.9 Å². The van der Waals surface area contributed by atoms with Gasteiger partial charge in [0.1, 0.15) is 0 Å². The normalized spacial score (nSPS) is 13.6. The minimum absolute atomic E-state index is 0.770. The van der Waals surface area contributed by atoms with Crippen molar-refractivity contribution in [1.29, 1.82) is 0 Å². The smallest absolute Gasteiger partial charge is 0.00637 e. The molecule has 1 atom stereocenters. The molecule has 0 fully saturated rings. The van der Waals surface area contributed by atoms with Gasteiger partial charge in [-0.2, -0.15) is 0 Å². The lowest BCUT2D eigenvalue weighted by Crippen LogP contribution is -2.28. The van der Waals surface area contributed by atoms with Gasteiger partial charge in [0.05, 0.1) is 0 Å². The van der Waals surface area contributed by atoms with Crippen LogP contribution in [0.15, 0.2) is 0 Å². The highest BCUT2D eigenvalue weighted by Gasteiger charge is 2.05. The van der Waals surface area contributed by atoms with Crippen molar-refractivity contribution in [3.05, 3.63) is 0 Å². The van der Waals surface area contributed by atoms with Gasteiger partial charge in [-0.15, -0.1) is 0 Å². The highest BCUT2D eigenvalue weighted by atomic mass is 15.1. The molecule has 0 saturated heterocycles. The molecule has 0 spiro atoms. The van der Waals surface area contributed by atoms with Crippen LogP contribution < -0.4 is 0 Å². The third-order valence-electron chi connectivity index (χ3n) is 2.98. The maximum Gasteiger partial charge on any atom is 0.00637 e. The van der Waals surface area contributed by atoms with Crippen LogP contribution in [0.3, 0.4) is 0 Å². The van der Waals surface area contributed by atoms with E-state index in [-0.39, 0.29) is 0 Å². The summed E-state index contributed by atoms with van der Waals surface area (Å²) in [5.41, 5.74) is 0. The number of nitrogens with zero attached hydrogens (tertiary/aromatic N) is 1. The van der Waals surface area contributed by atoms with Crippen molar-refractivity contribution in [3.63, 3.8) is 0 Å². The fourth-order valence-electron chi connectivity index (χ4n) is 1.58. The van der Waals surface area contributed by atoms with Crippen LogP contribution in [0.1, 0.15) is 59.3 Å². The van der Waals surface area contributed by atoms with Crippen LogP contribution >= 0.6 is 0 Å². The van der Waals surface area contributed by atoms with Crippen LogP contribution in [-0.2, 0) is 0 Å².